The van der Waals surface area contributed by atoms with E-state index in [2.05, 4.69) is 15.0 Å². The summed E-state index contributed by atoms with van der Waals surface area (Å²) in [6.07, 6.45) is 4.87. The maximum atomic E-state index is 15.2. The summed E-state index contributed by atoms with van der Waals surface area (Å²) in [5.41, 5.74) is 10.8. The molecule has 214 valence electrons. The molecular formula is C31H30FN7O3. The van der Waals surface area contributed by atoms with Crippen LogP contribution in [-0.4, -0.2) is 61.5 Å². The van der Waals surface area contributed by atoms with E-state index in [1.54, 1.807) is 30.1 Å². The predicted molar refractivity (Wildman–Crippen MR) is 154 cm³/mol. The van der Waals surface area contributed by atoms with Crippen LogP contribution in [0.2, 0.25) is 0 Å². The lowest BCUT2D eigenvalue weighted by Crippen LogP contribution is -2.39. The number of hydrogen-bond acceptors (Lipinski definition) is 7. The fourth-order valence-electron chi connectivity index (χ4n) is 6.08. The number of likely N-dealkylation sites (N-methyl/N-ethyl adjacent to an activating group) is 1. The largest absolute Gasteiger partial charge is 0.392 e. The first-order chi connectivity index (χ1) is 20.3. The molecule has 0 spiro atoms. The number of aliphatic hydroxyl groups excluding tert-OH is 1. The van der Waals surface area contributed by atoms with Crippen LogP contribution < -0.4 is 10.6 Å². The van der Waals surface area contributed by atoms with Crippen LogP contribution in [0.4, 0.5) is 16.0 Å². The molecule has 4 heterocycles. The van der Waals surface area contributed by atoms with E-state index in [0.29, 0.717) is 66.7 Å². The van der Waals surface area contributed by atoms with Gasteiger partial charge >= 0.3 is 0 Å². The Kier molecular flexibility index (Phi) is 6.27. The summed E-state index contributed by atoms with van der Waals surface area (Å²) >= 11 is 0. The number of aliphatic hydroxyl groups is 1. The Morgan fingerprint density at radius 1 is 1.05 bits per heavy atom. The molecule has 0 saturated heterocycles. The van der Waals surface area contributed by atoms with Crippen LogP contribution in [0.5, 0.6) is 0 Å². The van der Waals surface area contributed by atoms with E-state index >= 15 is 4.39 Å². The number of aromatic nitrogens is 4. The number of carbonyl (C=O) groups is 2. The van der Waals surface area contributed by atoms with E-state index in [4.69, 9.17) is 5.73 Å². The molecule has 0 atom stereocenters. The second-order valence-corrected chi connectivity index (χ2v) is 11.2. The first-order valence-corrected chi connectivity index (χ1v) is 14.1. The number of nitrogens with zero attached hydrogens (tertiary/aromatic N) is 6. The standard InChI is InChI=1S/C31H30FN7O3/c1-37-9-10-38-15-17(11-25(38)29(37)41)12-26-34-28(36-31(33)35-26)21-3-2-4-24(22(21)16-40)39-8-7-19-13-20(18-5-6-18)14-23(32)27(19)30(39)42/h2-4,11,13-15,18,40H,5-10,12,16H2,1H3,(H2,33,34,35,36). The van der Waals surface area contributed by atoms with Crippen molar-refractivity contribution in [2.24, 2.45) is 0 Å². The monoisotopic (exact) mass is 567 g/mol. The van der Waals surface area contributed by atoms with Gasteiger partial charge in [0.05, 0.1) is 17.9 Å². The zero-order valence-corrected chi connectivity index (χ0v) is 23.2. The third-order valence-electron chi connectivity index (χ3n) is 8.40. The average molecular weight is 568 g/mol. The van der Waals surface area contributed by atoms with Crippen LogP contribution in [-0.2, 0) is 26.0 Å². The number of nitrogen functional groups attached to an aromatic ring is 1. The van der Waals surface area contributed by atoms with Crippen LogP contribution >= 0.6 is 0 Å². The lowest BCUT2D eigenvalue weighted by Gasteiger charge is -2.31. The van der Waals surface area contributed by atoms with Crippen LogP contribution in [0.25, 0.3) is 11.4 Å². The summed E-state index contributed by atoms with van der Waals surface area (Å²) in [5, 5.41) is 10.5. The molecular weight excluding hydrogens is 537 g/mol. The first-order valence-electron chi connectivity index (χ1n) is 14.1. The van der Waals surface area contributed by atoms with Crippen LogP contribution in [0.3, 0.4) is 0 Å². The number of halogens is 1. The SMILES string of the molecule is CN1CCn2cc(Cc3nc(N)nc(-c4cccc(N5CCc6cc(C7CC7)cc(F)c6C5=O)c4CO)n3)cc2C1=O. The van der Waals surface area contributed by atoms with Crippen LogP contribution in [0.15, 0.2) is 42.6 Å². The van der Waals surface area contributed by atoms with Crippen molar-refractivity contribution < 1.29 is 19.1 Å². The molecule has 3 N–H and O–H groups in total. The molecule has 1 saturated carbocycles. The van der Waals surface area contributed by atoms with Crippen molar-refractivity contribution in [2.45, 2.75) is 44.8 Å². The van der Waals surface area contributed by atoms with Gasteiger partial charge < -0.3 is 25.2 Å². The van der Waals surface area contributed by atoms with Crippen molar-refractivity contribution in [1.29, 1.82) is 0 Å². The summed E-state index contributed by atoms with van der Waals surface area (Å²) in [6, 6.07) is 10.5. The van der Waals surface area contributed by atoms with Crippen LogP contribution in [0.1, 0.15) is 67.7 Å². The highest BCUT2D eigenvalue weighted by Gasteiger charge is 2.33. The van der Waals surface area contributed by atoms with E-state index in [1.165, 1.54) is 11.0 Å². The van der Waals surface area contributed by atoms with E-state index in [1.807, 2.05) is 22.9 Å². The molecule has 2 aromatic carbocycles. The summed E-state index contributed by atoms with van der Waals surface area (Å²) in [5.74, 6) is 0.102. The van der Waals surface area contributed by atoms with Gasteiger partial charge in [-0.3, -0.25) is 9.59 Å². The molecule has 42 heavy (non-hydrogen) atoms. The van der Waals surface area contributed by atoms with Crippen molar-refractivity contribution in [3.05, 3.63) is 87.7 Å². The summed E-state index contributed by atoms with van der Waals surface area (Å²) in [4.78, 5) is 42.7. The molecule has 0 unspecified atom stereocenters. The van der Waals surface area contributed by atoms with Crippen molar-refractivity contribution in [3.63, 3.8) is 0 Å². The first kappa shape index (κ1) is 26.3. The second-order valence-electron chi connectivity index (χ2n) is 11.2. The zero-order valence-electron chi connectivity index (χ0n) is 23.2. The number of benzene rings is 2. The minimum Gasteiger partial charge on any atom is -0.392 e. The molecule has 2 amide bonds. The van der Waals surface area contributed by atoms with Gasteiger partial charge in [-0.05, 0) is 60.1 Å². The normalized spacial score (nSPS) is 16.5. The smallest absolute Gasteiger partial charge is 0.270 e. The fourth-order valence-corrected chi connectivity index (χ4v) is 6.08. The van der Waals surface area contributed by atoms with E-state index < -0.39 is 18.3 Å². The highest BCUT2D eigenvalue weighted by Crippen LogP contribution is 2.42. The third-order valence-corrected chi connectivity index (χ3v) is 8.40. The maximum Gasteiger partial charge on any atom is 0.270 e. The highest BCUT2D eigenvalue weighted by atomic mass is 19.1. The maximum absolute atomic E-state index is 15.2. The Hall–Kier alpha value is -4.64. The van der Waals surface area contributed by atoms with Gasteiger partial charge in [0.15, 0.2) is 5.82 Å². The van der Waals surface area contributed by atoms with Gasteiger partial charge in [-0.15, -0.1) is 0 Å². The lowest BCUT2D eigenvalue weighted by molar-refractivity contribution is 0.0749. The van der Waals surface area contributed by atoms with Crippen LogP contribution in [0, 0.1) is 5.82 Å². The number of amides is 2. The Bertz CT molecular complexity index is 1760. The Balaban J connectivity index is 1.21. The zero-order chi connectivity index (χ0) is 29.1. The van der Waals surface area contributed by atoms with Gasteiger partial charge in [0.2, 0.25) is 5.95 Å². The predicted octanol–water partition coefficient (Wildman–Crippen LogP) is 3.31. The van der Waals surface area contributed by atoms with Crippen molar-refractivity contribution in [3.8, 4) is 11.4 Å². The van der Waals surface area contributed by atoms with Gasteiger partial charge in [-0.25, -0.2) is 9.37 Å². The highest BCUT2D eigenvalue weighted by molar-refractivity contribution is 6.09. The van der Waals surface area contributed by atoms with Gasteiger partial charge in [-0.1, -0.05) is 18.2 Å². The molecule has 0 radical (unpaired) electrons. The number of fused-ring (bicyclic) bond motifs is 2. The van der Waals surface area contributed by atoms with Gasteiger partial charge in [0.1, 0.15) is 17.3 Å². The van der Waals surface area contributed by atoms with Gasteiger partial charge in [-0.2, -0.15) is 9.97 Å². The Morgan fingerprint density at radius 3 is 2.67 bits per heavy atom. The number of rotatable bonds is 6. The molecule has 10 nitrogen and oxygen atoms in total. The number of nitrogens with two attached hydrogens (primary N) is 1. The minimum atomic E-state index is -0.499. The fraction of sp³-hybridized carbons (Fsp3) is 0.323. The molecule has 1 aliphatic carbocycles. The topological polar surface area (TPSA) is 130 Å². The summed E-state index contributed by atoms with van der Waals surface area (Å²) < 4.78 is 17.1. The number of carbonyl (C=O) groups excluding carboxylic acids is 2. The summed E-state index contributed by atoms with van der Waals surface area (Å²) in [6.45, 7) is 1.31. The molecule has 1 fully saturated rings. The molecule has 7 rings (SSSR count). The van der Waals surface area contributed by atoms with E-state index in [-0.39, 0.29) is 23.2 Å². The number of anilines is 2. The van der Waals surface area contributed by atoms with E-state index in [9.17, 15) is 14.7 Å². The second kappa shape index (κ2) is 10.0. The summed E-state index contributed by atoms with van der Waals surface area (Å²) in [7, 11) is 1.78. The van der Waals surface area contributed by atoms with E-state index in [0.717, 1.165) is 29.5 Å². The van der Waals surface area contributed by atoms with Crippen molar-refractivity contribution in [1.82, 2.24) is 24.4 Å². The minimum absolute atomic E-state index is 0.0144. The van der Waals surface area contributed by atoms with Crippen molar-refractivity contribution in [2.75, 3.05) is 30.8 Å². The average Bonchev–Trinajstić information content (AvgIpc) is 3.74. The molecule has 11 heteroatoms. The molecule has 0 bridgehead atoms. The Labute approximate surface area is 241 Å². The van der Waals surface area contributed by atoms with Crippen molar-refractivity contribution >= 4 is 23.5 Å². The third kappa shape index (κ3) is 4.50. The molecule has 2 aromatic heterocycles. The Morgan fingerprint density at radius 2 is 1.88 bits per heavy atom. The molecule has 4 aromatic rings. The quantitative estimate of drug-likeness (QED) is 0.366. The number of hydrogen-bond donors (Lipinski definition) is 2. The van der Waals surface area contributed by atoms with Gasteiger partial charge in [0, 0.05) is 50.4 Å². The lowest BCUT2D eigenvalue weighted by atomic mass is 9.93. The molecule has 2 aliphatic heterocycles. The molecule has 3 aliphatic rings. The van der Waals surface area contributed by atoms with Gasteiger partial charge in [0.25, 0.3) is 11.8 Å².